The summed E-state index contributed by atoms with van der Waals surface area (Å²) in [6.45, 7) is 0. The van der Waals surface area contributed by atoms with Crippen LogP contribution in [0.1, 0.15) is 60.6 Å². The highest BCUT2D eigenvalue weighted by molar-refractivity contribution is 6.03. The van der Waals surface area contributed by atoms with Gasteiger partial charge in [0.1, 0.15) is 11.4 Å². The summed E-state index contributed by atoms with van der Waals surface area (Å²) in [7, 11) is 1.80. The molecule has 2 aromatic heterocycles. The van der Waals surface area contributed by atoms with Crippen molar-refractivity contribution in [1.29, 1.82) is 0 Å². The van der Waals surface area contributed by atoms with E-state index in [0.717, 1.165) is 44.2 Å². The van der Waals surface area contributed by atoms with E-state index in [1.54, 1.807) is 42.1 Å². The van der Waals surface area contributed by atoms with E-state index >= 15 is 0 Å². The smallest absolute Gasteiger partial charge is 0.342 e. The maximum Gasteiger partial charge on any atom is 0.342 e. The molecule has 2 amide bonds. The Labute approximate surface area is 186 Å². The van der Waals surface area contributed by atoms with Gasteiger partial charge in [0.15, 0.2) is 0 Å². The molecule has 1 aromatic carbocycles. The number of anilines is 1. The maximum atomic E-state index is 12.8. The van der Waals surface area contributed by atoms with Crippen LogP contribution in [0.2, 0.25) is 0 Å². The van der Waals surface area contributed by atoms with Crippen LogP contribution >= 0.6 is 0 Å². The summed E-state index contributed by atoms with van der Waals surface area (Å²) in [6.07, 6.45) is 8.19. The minimum Gasteiger partial charge on any atom is -0.507 e. The van der Waals surface area contributed by atoms with Gasteiger partial charge in [0.25, 0.3) is 5.91 Å². The molecule has 8 nitrogen and oxygen atoms in total. The molecule has 3 N–H and O–H groups in total. The Kier molecular flexibility index (Phi) is 5.20. The molecule has 2 aliphatic carbocycles. The normalized spacial score (nSPS) is 16.3. The van der Waals surface area contributed by atoms with Crippen molar-refractivity contribution < 1.29 is 14.7 Å². The Hall–Kier alpha value is -3.55. The molecule has 0 radical (unpaired) electrons. The summed E-state index contributed by atoms with van der Waals surface area (Å²) in [5.41, 5.74) is 2.99. The lowest BCUT2D eigenvalue weighted by atomic mass is 10.0. The highest BCUT2D eigenvalue weighted by Crippen LogP contribution is 2.38. The molecule has 2 heterocycles. The Balaban J connectivity index is 1.41. The van der Waals surface area contributed by atoms with E-state index in [4.69, 9.17) is 0 Å². The average Bonchev–Trinajstić information content (AvgIpc) is 3.16. The fourth-order valence-electron chi connectivity index (χ4n) is 4.38. The van der Waals surface area contributed by atoms with Crippen molar-refractivity contribution in [3.63, 3.8) is 0 Å². The molecule has 2 saturated carbocycles. The summed E-state index contributed by atoms with van der Waals surface area (Å²) in [5, 5.41) is 21.1. The molecule has 0 unspecified atom stereocenters. The molecule has 0 saturated heterocycles. The van der Waals surface area contributed by atoms with E-state index in [1.165, 1.54) is 10.7 Å². The number of phenols is 1. The van der Waals surface area contributed by atoms with Crippen LogP contribution in [0, 0.1) is 0 Å². The molecule has 0 aliphatic heterocycles. The fraction of sp³-hybridized carbons (Fsp3) is 0.375. The van der Waals surface area contributed by atoms with Crippen LogP contribution in [0.4, 0.5) is 10.5 Å². The molecule has 5 rings (SSSR count). The monoisotopic (exact) mass is 433 g/mol. The van der Waals surface area contributed by atoms with E-state index in [2.05, 4.69) is 15.7 Å². The lowest BCUT2D eigenvalue weighted by Crippen LogP contribution is -2.32. The maximum absolute atomic E-state index is 12.8. The van der Waals surface area contributed by atoms with E-state index in [9.17, 15) is 14.7 Å². The van der Waals surface area contributed by atoms with Crippen LogP contribution in [-0.4, -0.2) is 37.4 Å². The summed E-state index contributed by atoms with van der Waals surface area (Å²) in [6, 6.07) is 10.4. The number of aromatic hydroxyl groups is 1. The van der Waals surface area contributed by atoms with Crippen molar-refractivity contribution in [3.05, 3.63) is 54.0 Å². The lowest BCUT2D eigenvalue weighted by Gasteiger charge is -2.11. The standard InChI is InChI=1S/C24H27N5O3/c1-28-12-4-7-20(28)23(31)25-17-10-11-18(22(30)13-17)19-14-21(15-5-2-3-6-15)29(27-19)24(32)26-16-8-9-16/h4,7,10-16,30H,2-3,5-6,8-9H2,1H3,(H,25,31)(H,26,32). The summed E-state index contributed by atoms with van der Waals surface area (Å²) in [4.78, 5) is 25.2. The number of rotatable bonds is 5. The Morgan fingerprint density at radius 2 is 1.88 bits per heavy atom. The van der Waals surface area contributed by atoms with Crippen molar-refractivity contribution in [2.24, 2.45) is 7.05 Å². The molecule has 166 valence electrons. The first-order chi connectivity index (χ1) is 15.5. The molecule has 32 heavy (non-hydrogen) atoms. The number of amides is 2. The van der Waals surface area contributed by atoms with Crippen LogP contribution in [-0.2, 0) is 7.05 Å². The van der Waals surface area contributed by atoms with E-state index in [0.29, 0.717) is 28.6 Å². The van der Waals surface area contributed by atoms with Crippen molar-refractivity contribution in [2.45, 2.75) is 50.5 Å². The second-order valence-electron chi connectivity index (χ2n) is 8.76. The molecule has 2 fully saturated rings. The molecular weight excluding hydrogens is 406 g/mol. The van der Waals surface area contributed by atoms with Crippen LogP contribution in [0.25, 0.3) is 11.3 Å². The number of hydrogen-bond donors (Lipinski definition) is 3. The zero-order valence-electron chi connectivity index (χ0n) is 18.0. The van der Waals surface area contributed by atoms with Crippen LogP contribution in [0.5, 0.6) is 5.75 Å². The second-order valence-corrected chi connectivity index (χ2v) is 8.76. The number of aryl methyl sites for hydroxylation is 1. The van der Waals surface area contributed by atoms with Crippen LogP contribution in [0.15, 0.2) is 42.6 Å². The Morgan fingerprint density at radius 1 is 1.09 bits per heavy atom. The number of hydrogen-bond acceptors (Lipinski definition) is 4. The van der Waals surface area contributed by atoms with Crippen LogP contribution < -0.4 is 10.6 Å². The quantitative estimate of drug-likeness (QED) is 0.561. The largest absolute Gasteiger partial charge is 0.507 e. The number of aromatic nitrogens is 3. The van der Waals surface area contributed by atoms with Gasteiger partial charge in [0.2, 0.25) is 0 Å². The third-order valence-corrected chi connectivity index (χ3v) is 6.32. The van der Waals surface area contributed by atoms with Crippen molar-refractivity contribution in [3.8, 4) is 17.0 Å². The molecule has 3 aromatic rings. The lowest BCUT2D eigenvalue weighted by molar-refractivity contribution is 0.101. The molecular formula is C24H27N5O3. The van der Waals surface area contributed by atoms with Crippen molar-refractivity contribution >= 4 is 17.6 Å². The van der Waals surface area contributed by atoms with Gasteiger partial charge in [-0.25, -0.2) is 4.79 Å². The van der Waals surface area contributed by atoms with Gasteiger partial charge in [-0.3, -0.25) is 4.79 Å². The number of benzene rings is 1. The number of nitrogens with zero attached hydrogens (tertiary/aromatic N) is 3. The minimum absolute atomic E-state index is 0.0000888. The minimum atomic E-state index is -0.255. The predicted molar refractivity (Wildman–Crippen MR) is 121 cm³/mol. The van der Waals surface area contributed by atoms with E-state index < -0.39 is 0 Å². The second kappa shape index (κ2) is 8.18. The molecule has 8 heteroatoms. The third-order valence-electron chi connectivity index (χ3n) is 6.32. The van der Waals surface area contributed by atoms with Gasteiger partial charge in [-0.2, -0.15) is 9.78 Å². The van der Waals surface area contributed by atoms with Gasteiger partial charge in [-0.05, 0) is 56.0 Å². The Morgan fingerprint density at radius 3 is 2.53 bits per heavy atom. The molecule has 2 aliphatic rings. The molecule has 0 spiro atoms. The van der Waals surface area contributed by atoms with Crippen molar-refractivity contribution in [1.82, 2.24) is 19.7 Å². The number of carbonyl (C=O) groups is 2. The van der Waals surface area contributed by atoms with E-state index in [-0.39, 0.29) is 23.7 Å². The summed E-state index contributed by atoms with van der Waals surface area (Å²) < 4.78 is 3.21. The topological polar surface area (TPSA) is 101 Å². The van der Waals surface area contributed by atoms with Gasteiger partial charge in [-0.15, -0.1) is 0 Å². The third kappa shape index (κ3) is 4.00. The predicted octanol–water partition coefficient (Wildman–Crippen LogP) is 4.22. The average molecular weight is 434 g/mol. The van der Waals surface area contributed by atoms with Gasteiger partial charge < -0.3 is 20.3 Å². The van der Waals surface area contributed by atoms with Gasteiger partial charge >= 0.3 is 6.03 Å². The van der Waals surface area contributed by atoms with Gasteiger partial charge in [-0.1, -0.05) is 12.8 Å². The van der Waals surface area contributed by atoms with Gasteiger partial charge in [0, 0.05) is 42.5 Å². The number of carbonyl (C=O) groups excluding carboxylic acids is 2. The first-order valence-electron chi connectivity index (χ1n) is 11.2. The summed E-state index contributed by atoms with van der Waals surface area (Å²) in [5.74, 6) is 0.0429. The number of phenolic OH excluding ortho intramolecular Hbond substituents is 1. The summed E-state index contributed by atoms with van der Waals surface area (Å²) >= 11 is 0. The number of nitrogens with one attached hydrogen (secondary N) is 2. The first kappa shape index (κ1) is 20.4. The fourth-order valence-corrected chi connectivity index (χ4v) is 4.38. The zero-order chi connectivity index (χ0) is 22.2. The zero-order valence-corrected chi connectivity index (χ0v) is 18.0. The first-order valence-corrected chi connectivity index (χ1v) is 11.2. The Bertz CT molecular complexity index is 1170. The SMILES string of the molecule is Cn1cccc1C(=O)Nc1ccc(-c2cc(C3CCCC3)n(C(=O)NC3CC3)n2)c(O)c1. The highest BCUT2D eigenvalue weighted by atomic mass is 16.3. The van der Waals surface area contributed by atoms with Crippen molar-refractivity contribution in [2.75, 3.05) is 5.32 Å². The molecule has 0 bridgehead atoms. The molecule has 0 atom stereocenters. The highest BCUT2D eigenvalue weighted by Gasteiger charge is 2.29. The van der Waals surface area contributed by atoms with E-state index in [1.807, 2.05) is 6.07 Å². The van der Waals surface area contributed by atoms with Crippen LogP contribution in [0.3, 0.4) is 0 Å². The van der Waals surface area contributed by atoms with Gasteiger partial charge in [0.05, 0.1) is 11.4 Å².